The van der Waals surface area contributed by atoms with Crippen LogP contribution in [0.1, 0.15) is 29.8 Å². The van der Waals surface area contributed by atoms with Crippen molar-refractivity contribution >= 4 is 49.2 Å². The second kappa shape index (κ2) is 12.0. The Bertz CT molecular complexity index is 2870. The maximum atomic E-state index is 5.07. The molecular formula is C47H35N5. The molecule has 0 spiro atoms. The number of para-hydroxylation sites is 3. The Morgan fingerprint density at radius 3 is 1.77 bits per heavy atom. The van der Waals surface area contributed by atoms with Gasteiger partial charge in [0.15, 0.2) is 17.5 Å². The summed E-state index contributed by atoms with van der Waals surface area (Å²) in [7, 11) is 0. The molecule has 3 heterocycles. The molecular weight excluding hydrogens is 635 g/mol. The molecule has 9 aromatic rings. The molecule has 0 saturated carbocycles. The van der Waals surface area contributed by atoms with Crippen molar-refractivity contribution in [1.82, 2.24) is 24.1 Å². The van der Waals surface area contributed by atoms with E-state index in [1.54, 1.807) is 0 Å². The lowest BCUT2D eigenvalue weighted by Crippen LogP contribution is -2.05. The second-order valence-corrected chi connectivity index (χ2v) is 13.7. The zero-order valence-corrected chi connectivity index (χ0v) is 29.1. The van der Waals surface area contributed by atoms with E-state index in [-0.39, 0.29) is 0 Å². The van der Waals surface area contributed by atoms with E-state index < -0.39 is 0 Å². The molecule has 248 valence electrons. The summed E-state index contributed by atoms with van der Waals surface area (Å²) in [4.78, 5) is 15.1. The molecule has 3 aromatic heterocycles. The van der Waals surface area contributed by atoms with Crippen molar-refractivity contribution in [2.24, 2.45) is 0 Å². The van der Waals surface area contributed by atoms with Crippen LogP contribution in [0, 0.1) is 13.8 Å². The third kappa shape index (κ3) is 4.81. The lowest BCUT2D eigenvalue weighted by Gasteiger charge is -2.16. The maximum absolute atomic E-state index is 5.07. The first kappa shape index (κ1) is 30.3. The van der Waals surface area contributed by atoms with Crippen molar-refractivity contribution in [2.45, 2.75) is 26.7 Å². The number of hydrogen-bond acceptors (Lipinski definition) is 3. The summed E-state index contributed by atoms with van der Waals surface area (Å²) in [5.74, 6) is 2.08. The molecule has 0 fully saturated rings. The molecule has 0 N–H and O–H groups in total. The Hall–Kier alpha value is -6.59. The monoisotopic (exact) mass is 669 g/mol. The largest absolute Gasteiger partial charge is 0.309 e. The molecule has 0 unspecified atom stereocenters. The van der Waals surface area contributed by atoms with Crippen molar-refractivity contribution in [3.8, 4) is 34.2 Å². The van der Waals surface area contributed by atoms with Gasteiger partial charge in [0.2, 0.25) is 0 Å². The van der Waals surface area contributed by atoms with Gasteiger partial charge < -0.3 is 9.13 Å². The number of aryl methyl sites for hydroxylation is 2. The van der Waals surface area contributed by atoms with Crippen LogP contribution in [0.2, 0.25) is 0 Å². The average Bonchev–Trinajstić information content (AvgIpc) is 3.71. The van der Waals surface area contributed by atoms with Gasteiger partial charge in [0.25, 0.3) is 0 Å². The van der Waals surface area contributed by atoms with Crippen LogP contribution in [-0.2, 0) is 0 Å². The Morgan fingerprint density at radius 1 is 0.481 bits per heavy atom. The summed E-state index contributed by atoms with van der Waals surface area (Å²) in [6.45, 7) is 4.36. The van der Waals surface area contributed by atoms with Crippen molar-refractivity contribution < 1.29 is 0 Å². The number of fused-ring (bicyclic) bond motifs is 6. The van der Waals surface area contributed by atoms with Crippen LogP contribution in [0.4, 0.5) is 0 Å². The summed E-state index contributed by atoms with van der Waals surface area (Å²) < 4.78 is 4.81. The second-order valence-electron chi connectivity index (χ2n) is 13.7. The van der Waals surface area contributed by atoms with Crippen molar-refractivity contribution in [1.29, 1.82) is 0 Å². The van der Waals surface area contributed by atoms with Gasteiger partial charge in [0.05, 0.1) is 22.1 Å². The van der Waals surface area contributed by atoms with E-state index in [0.29, 0.717) is 17.5 Å². The zero-order chi connectivity index (χ0) is 34.8. The zero-order valence-electron chi connectivity index (χ0n) is 29.1. The Morgan fingerprint density at radius 2 is 1.08 bits per heavy atom. The predicted octanol–water partition coefficient (Wildman–Crippen LogP) is 11.8. The number of rotatable bonds is 5. The normalized spacial score (nSPS) is 13.1. The van der Waals surface area contributed by atoms with Crippen LogP contribution in [0.3, 0.4) is 0 Å². The van der Waals surface area contributed by atoms with Crippen molar-refractivity contribution in [2.75, 3.05) is 0 Å². The Balaban J connectivity index is 1.14. The van der Waals surface area contributed by atoms with Crippen LogP contribution >= 0.6 is 0 Å². The number of aromatic nitrogens is 5. The Labute approximate surface area is 301 Å². The van der Waals surface area contributed by atoms with E-state index in [1.165, 1.54) is 43.6 Å². The minimum absolute atomic E-state index is 0.683. The van der Waals surface area contributed by atoms with Gasteiger partial charge in [-0.25, -0.2) is 15.0 Å². The summed E-state index contributed by atoms with van der Waals surface area (Å²) in [6.07, 6.45) is 8.58. The number of hydrogen-bond donors (Lipinski definition) is 0. The molecule has 0 bridgehead atoms. The maximum Gasteiger partial charge on any atom is 0.164 e. The van der Waals surface area contributed by atoms with Gasteiger partial charge in [-0.05, 0) is 86.3 Å². The quantitative estimate of drug-likeness (QED) is 0.183. The Kier molecular flexibility index (Phi) is 7.00. The lowest BCUT2D eigenvalue weighted by atomic mass is 10.0. The number of nitrogens with zero attached hydrogens (tertiary/aromatic N) is 5. The fourth-order valence-corrected chi connectivity index (χ4v) is 7.96. The molecule has 52 heavy (non-hydrogen) atoms. The minimum Gasteiger partial charge on any atom is -0.309 e. The molecule has 6 aromatic carbocycles. The molecule has 0 radical (unpaired) electrons. The number of allylic oxidation sites excluding steroid dienone is 4. The highest BCUT2D eigenvalue weighted by Crippen LogP contribution is 2.38. The lowest BCUT2D eigenvalue weighted by molar-refractivity contribution is 1.00. The van der Waals surface area contributed by atoms with Crippen LogP contribution in [0.25, 0.3) is 83.3 Å². The molecule has 1 aliphatic carbocycles. The standard InChI is InChI=1S/C47H35N5/c1-30-28-44(31(2)27-38(30)47-49-45(32-15-5-3-6-16-32)48-46(50-47)33-17-7-4-8-18-33)52-42-24-14-11-21-37(42)39-29-34(25-26-43(39)52)51-40-22-12-9-19-35(40)36-20-10-13-23-41(36)51/h3,5-7,9-29H,4,8H2,1-2H3. The van der Waals surface area contributed by atoms with Crippen LogP contribution in [0.5, 0.6) is 0 Å². The van der Waals surface area contributed by atoms with Gasteiger partial charge in [-0.2, -0.15) is 0 Å². The molecule has 10 rings (SSSR count). The molecule has 0 saturated heterocycles. The van der Waals surface area contributed by atoms with Crippen molar-refractivity contribution in [3.63, 3.8) is 0 Å². The van der Waals surface area contributed by atoms with Gasteiger partial charge in [-0.1, -0.05) is 103 Å². The van der Waals surface area contributed by atoms with Crippen LogP contribution in [-0.4, -0.2) is 24.1 Å². The first-order chi connectivity index (χ1) is 25.6. The fraction of sp³-hybridized carbons (Fsp3) is 0.0851. The van der Waals surface area contributed by atoms with Gasteiger partial charge in [0, 0.05) is 49.6 Å². The first-order valence-corrected chi connectivity index (χ1v) is 17.9. The van der Waals surface area contributed by atoms with Crippen LogP contribution < -0.4 is 0 Å². The van der Waals surface area contributed by atoms with Crippen molar-refractivity contribution in [3.05, 3.63) is 169 Å². The summed E-state index contributed by atoms with van der Waals surface area (Å²) in [5.41, 5.74) is 12.4. The predicted molar refractivity (Wildman–Crippen MR) is 215 cm³/mol. The first-order valence-electron chi connectivity index (χ1n) is 17.9. The van der Waals surface area contributed by atoms with Gasteiger partial charge >= 0.3 is 0 Å². The highest BCUT2D eigenvalue weighted by Gasteiger charge is 2.20. The van der Waals surface area contributed by atoms with Gasteiger partial charge in [0.1, 0.15) is 0 Å². The van der Waals surface area contributed by atoms with E-state index in [2.05, 4.69) is 156 Å². The van der Waals surface area contributed by atoms with E-state index in [1.807, 2.05) is 18.2 Å². The van der Waals surface area contributed by atoms with E-state index >= 15 is 0 Å². The van der Waals surface area contributed by atoms with E-state index in [0.717, 1.165) is 52.0 Å². The molecule has 0 atom stereocenters. The molecule has 0 aliphatic heterocycles. The van der Waals surface area contributed by atoms with Gasteiger partial charge in [-0.3, -0.25) is 0 Å². The fourth-order valence-electron chi connectivity index (χ4n) is 7.96. The third-order valence-electron chi connectivity index (χ3n) is 10.4. The average molecular weight is 670 g/mol. The van der Waals surface area contributed by atoms with E-state index in [9.17, 15) is 0 Å². The summed E-state index contributed by atoms with van der Waals surface area (Å²) in [6, 6.07) is 47.8. The summed E-state index contributed by atoms with van der Waals surface area (Å²) >= 11 is 0. The topological polar surface area (TPSA) is 48.5 Å². The highest BCUT2D eigenvalue weighted by molar-refractivity contribution is 6.12. The molecule has 5 heteroatoms. The molecule has 5 nitrogen and oxygen atoms in total. The molecule has 0 amide bonds. The smallest absolute Gasteiger partial charge is 0.164 e. The SMILES string of the molecule is Cc1cc(-n2c3ccccc3c3cc(-n4c5ccccc5c5ccccc54)ccc32)c(C)cc1-c1nc(C2=CCCC=C2)nc(-c2ccccc2)n1. The van der Waals surface area contributed by atoms with Gasteiger partial charge in [-0.15, -0.1) is 0 Å². The van der Waals surface area contributed by atoms with E-state index in [4.69, 9.17) is 15.0 Å². The minimum atomic E-state index is 0.683. The molecule has 1 aliphatic rings. The van der Waals surface area contributed by atoms with Crippen LogP contribution in [0.15, 0.2) is 152 Å². The summed E-state index contributed by atoms with van der Waals surface area (Å²) in [5, 5.41) is 4.98. The third-order valence-corrected chi connectivity index (χ3v) is 10.4. The highest BCUT2D eigenvalue weighted by atomic mass is 15.0. The number of benzene rings is 6.